The Balaban J connectivity index is 1.74. The molecule has 0 saturated heterocycles. The van der Waals surface area contributed by atoms with Gasteiger partial charge in [-0.2, -0.15) is 0 Å². The molecule has 11 heteroatoms. The van der Waals surface area contributed by atoms with Crippen molar-refractivity contribution in [3.63, 3.8) is 0 Å². The van der Waals surface area contributed by atoms with Crippen LogP contribution in [0.25, 0.3) is 0 Å². The summed E-state index contributed by atoms with van der Waals surface area (Å²) in [6, 6.07) is 13.3. The molecule has 0 atom stereocenters. The quantitative estimate of drug-likeness (QED) is 0.352. The lowest BCUT2D eigenvalue weighted by Gasteiger charge is -2.22. The molecule has 3 rings (SSSR count). The van der Waals surface area contributed by atoms with E-state index in [4.69, 9.17) is 11.6 Å². The Morgan fingerprint density at radius 3 is 2.35 bits per heavy atom. The van der Waals surface area contributed by atoms with Crippen LogP contribution in [-0.4, -0.2) is 36.0 Å². The number of carbonyl (C=O) groups is 1. The van der Waals surface area contributed by atoms with Crippen LogP contribution in [0.2, 0.25) is 5.02 Å². The van der Waals surface area contributed by atoms with Gasteiger partial charge in [-0.1, -0.05) is 60.7 Å². The van der Waals surface area contributed by atoms with E-state index in [0.29, 0.717) is 26.7 Å². The molecule has 0 aliphatic rings. The maximum absolute atomic E-state index is 12.5. The van der Waals surface area contributed by atoms with Crippen LogP contribution in [0.5, 0.6) is 0 Å². The lowest BCUT2D eigenvalue weighted by atomic mass is 10.2. The second kappa shape index (κ2) is 9.99. The number of aromatic nitrogens is 2. The maximum Gasteiger partial charge on any atom is 0.257 e. The summed E-state index contributed by atoms with van der Waals surface area (Å²) in [6.07, 6.45) is 1.14. The summed E-state index contributed by atoms with van der Waals surface area (Å²) in [4.78, 5) is 12.5. The number of thioether (sulfide) groups is 1. The fraction of sp³-hybridized carbons (Fsp3) is 0.250. The number of halogens is 1. The zero-order chi connectivity index (χ0) is 22.6. The number of amides is 1. The third-order valence-electron chi connectivity index (χ3n) is 4.02. The predicted octanol–water partition coefficient (Wildman–Crippen LogP) is 4.91. The van der Waals surface area contributed by atoms with Crippen molar-refractivity contribution < 1.29 is 13.2 Å². The number of rotatable bonds is 8. The van der Waals surface area contributed by atoms with E-state index in [1.807, 2.05) is 0 Å². The second-order valence-electron chi connectivity index (χ2n) is 6.94. The Labute approximate surface area is 194 Å². The molecule has 7 nitrogen and oxygen atoms in total. The van der Waals surface area contributed by atoms with Crippen LogP contribution in [0.4, 0.5) is 10.8 Å². The molecule has 0 aliphatic carbocycles. The minimum Gasteiger partial charge on any atom is -0.296 e. The van der Waals surface area contributed by atoms with Gasteiger partial charge in [0.1, 0.15) is 0 Å². The summed E-state index contributed by atoms with van der Waals surface area (Å²) in [5.41, 5.74) is 1.64. The van der Waals surface area contributed by atoms with Gasteiger partial charge in [0.2, 0.25) is 15.2 Å². The molecule has 164 valence electrons. The molecule has 31 heavy (non-hydrogen) atoms. The van der Waals surface area contributed by atoms with E-state index in [-0.39, 0.29) is 12.5 Å². The summed E-state index contributed by atoms with van der Waals surface area (Å²) in [5.74, 6) is -0.340. The van der Waals surface area contributed by atoms with Crippen LogP contribution in [0.15, 0.2) is 52.9 Å². The number of hydrogen-bond acceptors (Lipinski definition) is 7. The maximum atomic E-state index is 12.5. The first kappa shape index (κ1) is 23.5. The summed E-state index contributed by atoms with van der Waals surface area (Å²) in [5, 5.41) is 12.1. The summed E-state index contributed by atoms with van der Waals surface area (Å²) in [7, 11) is -3.53. The molecule has 0 fully saturated rings. The average molecular weight is 497 g/mol. The van der Waals surface area contributed by atoms with Gasteiger partial charge < -0.3 is 0 Å². The van der Waals surface area contributed by atoms with Crippen molar-refractivity contribution in [3.8, 4) is 0 Å². The minimum absolute atomic E-state index is 0.155. The standard InChI is InChI=1S/C20H21ClN4O3S3/c1-13(2)29-20-24-23-19(30-20)22-18(26)15-6-10-17(11-7-15)25(31(3,27)28)12-14-4-8-16(21)9-5-14/h4-11,13H,12H2,1-3H3,(H,22,23,26). The molecular weight excluding hydrogens is 476 g/mol. The predicted molar refractivity (Wildman–Crippen MR) is 128 cm³/mol. The zero-order valence-electron chi connectivity index (χ0n) is 17.1. The highest BCUT2D eigenvalue weighted by Gasteiger charge is 2.19. The molecule has 1 amide bonds. The second-order valence-corrected chi connectivity index (χ2v) is 12.1. The number of benzene rings is 2. The van der Waals surface area contributed by atoms with E-state index >= 15 is 0 Å². The number of nitrogens with one attached hydrogen (secondary N) is 1. The molecule has 3 aromatic rings. The van der Waals surface area contributed by atoms with Crippen LogP contribution in [0, 0.1) is 0 Å². The van der Waals surface area contributed by atoms with Gasteiger partial charge in [0.05, 0.1) is 18.5 Å². The van der Waals surface area contributed by atoms with Crippen molar-refractivity contribution in [2.45, 2.75) is 30.0 Å². The van der Waals surface area contributed by atoms with Crippen molar-refractivity contribution in [2.75, 3.05) is 15.9 Å². The van der Waals surface area contributed by atoms with E-state index in [0.717, 1.165) is 16.2 Å². The number of sulfonamides is 1. The van der Waals surface area contributed by atoms with E-state index in [2.05, 4.69) is 29.4 Å². The van der Waals surface area contributed by atoms with Crippen molar-refractivity contribution in [2.24, 2.45) is 0 Å². The van der Waals surface area contributed by atoms with Crippen LogP contribution in [0.1, 0.15) is 29.8 Å². The molecule has 0 bridgehead atoms. The monoisotopic (exact) mass is 496 g/mol. The van der Waals surface area contributed by atoms with E-state index in [1.54, 1.807) is 60.3 Å². The molecule has 0 aliphatic heterocycles. The lowest BCUT2D eigenvalue weighted by Crippen LogP contribution is -2.29. The van der Waals surface area contributed by atoms with Gasteiger partial charge in [-0.15, -0.1) is 10.2 Å². The Bertz CT molecular complexity index is 1150. The lowest BCUT2D eigenvalue weighted by molar-refractivity contribution is 0.102. The van der Waals surface area contributed by atoms with Crippen molar-refractivity contribution in [3.05, 3.63) is 64.7 Å². The van der Waals surface area contributed by atoms with Gasteiger partial charge >= 0.3 is 0 Å². The minimum atomic E-state index is -3.53. The van der Waals surface area contributed by atoms with E-state index < -0.39 is 10.0 Å². The number of anilines is 2. The smallest absolute Gasteiger partial charge is 0.257 e. The number of hydrogen-bond donors (Lipinski definition) is 1. The van der Waals surface area contributed by atoms with E-state index in [9.17, 15) is 13.2 Å². The largest absolute Gasteiger partial charge is 0.296 e. The van der Waals surface area contributed by atoms with Crippen LogP contribution < -0.4 is 9.62 Å². The number of carbonyl (C=O) groups excluding carboxylic acids is 1. The third kappa shape index (κ3) is 6.67. The van der Waals surface area contributed by atoms with Crippen LogP contribution in [0.3, 0.4) is 0 Å². The highest BCUT2D eigenvalue weighted by molar-refractivity contribution is 8.01. The first-order chi connectivity index (χ1) is 14.6. The summed E-state index contributed by atoms with van der Waals surface area (Å²) in [6.45, 7) is 4.26. The summed E-state index contributed by atoms with van der Waals surface area (Å²) >= 11 is 8.79. The van der Waals surface area contributed by atoms with Crippen molar-refractivity contribution in [1.82, 2.24) is 10.2 Å². The van der Waals surface area contributed by atoms with Gasteiger partial charge in [0, 0.05) is 15.8 Å². The molecule has 1 N–H and O–H groups in total. The average Bonchev–Trinajstić information content (AvgIpc) is 3.12. The van der Waals surface area contributed by atoms with Gasteiger partial charge in [-0.3, -0.25) is 14.4 Å². The van der Waals surface area contributed by atoms with Crippen LogP contribution in [-0.2, 0) is 16.6 Å². The van der Waals surface area contributed by atoms with Gasteiger partial charge in [-0.25, -0.2) is 8.42 Å². The first-order valence-corrected chi connectivity index (χ1v) is 13.2. The van der Waals surface area contributed by atoms with Gasteiger partial charge in [-0.05, 0) is 42.0 Å². The molecule has 0 unspecified atom stereocenters. The zero-order valence-corrected chi connectivity index (χ0v) is 20.3. The van der Waals surface area contributed by atoms with Crippen molar-refractivity contribution in [1.29, 1.82) is 0 Å². The Morgan fingerprint density at radius 2 is 1.77 bits per heavy atom. The topological polar surface area (TPSA) is 92.3 Å². The molecule has 1 heterocycles. The molecular formula is C20H21ClN4O3S3. The van der Waals surface area contributed by atoms with Gasteiger partial charge in [0.15, 0.2) is 4.34 Å². The highest BCUT2D eigenvalue weighted by atomic mass is 35.5. The fourth-order valence-corrected chi connectivity index (χ4v) is 5.60. The molecule has 0 saturated carbocycles. The fourth-order valence-electron chi connectivity index (χ4n) is 2.61. The SMILES string of the molecule is CC(C)Sc1nnc(NC(=O)c2ccc(N(Cc3ccc(Cl)cc3)S(C)(=O)=O)cc2)s1. The number of nitrogens with zero attached hydrogens (tertiary/aromatic N) is 3. The first-order valence-electron chi connectivity index (χ1n) is 9.25. The molecule has 0 spiro atoms. The highest BCUT2D eigenvalue weighted by Crippen LogP contribution is 2.29. The van der Waals surface area contributed by atoms with Crippen molar-refractivity contribution >= 4 is 61.4 Å². The Kier molecular flexibility index (Phi) is 7.58. The van der Waals surface area contributed by atoms with Gasteiger partial charge in [0.25, 0.3) is 5.91 Å². The Hall–Kier alpha value is -2.14. The van der Waals surface area contributed by atoms with Crippen LogP contribution >= 0.6 is 34.7 Å². The Morgan fingerprint density at radius 1 is 1.13 bits per heavy atom. The molecule has 2 aromatic carbocycles. The van der Waals surface area contributed by atoms with E-state index in [1.165, 1.54) is 15.6 Å². The summed E-state index contributed by atoms with van der Waals surface area (Å²) < 4.78 is 26.8. The normalized spacial score (nSPS) is 11.5. The third-order valence-corrected chi connectivity index (χ3v) is 7.34. The molecule has 0 radical (unpaired) electrons. The molecule has 1 aromatic heterocycles.